The number of hydrogen-bond donors (Lipinski definition) is 0. The molecule has 0 fully saturated rings. The Kier molecular flexibility index (Phi) is 4.00. The number of carbonyl (C=O) groups excluding carboxylic acids is 1. The largest absolute Gasteiger partial charge is 0.457 e. The molecule has 18 heavy (non-hydrogen) atoms. The standard InChI is InChI=1S/C13H7Br2NO2/c14-11-4-2-1-3-8(11)10(7-16)12(17)9-5-6-18-13(9)15/h1-6,10H. The van der Waals surface area contributed by atoms with Crippen molar-refractivity contribution in [3.8, 4) is 6.07 Å². The van der Waals surface area contributed by atoms with Gasteiger partial charge in [0.2, 0.25) is 0 Å². The lowest BCUT2D eigenvalue weighted by molar-refractivity contribution is 0.0977. The summed E-state index contributed by atoms with van der Waals surface area (Å²) in [6, 6.07) is 10.8. The zero-order valence-corrected chi connectivity index (χ0v) is 12.2. The highest BCUT2D eigenvalue weighted by molar-refractivity contribution is 9.10. The fourth-order valence-electron chi connectivity index (χ4n) is 1.60. The maximum atomic E-state index is 12.3. The molecule has 1 unspecified atom stereocenters. The number of halogens is 2. The summed E-state index contributed by atoms with van der Waals surface area (Å²) < 4.78 is 6.11. The number of hydrogen-bond acceptors (Lipinski definition) is 3. The van der Waals surface area contributed by atoms with Gasteiger partial charge in [0, 0.05) is 4.47 Å². The first-order valence-electron chi connectivity index (χ1n) is 5.06. The Balaban J connectivity index is 2.43. The van der Waals surface area contributed by atoms with Crippen LogP contribution in [0.3, 0.4) is 0 Å². The van der Waals surface area contributed by atoms with E-state index in [0.717, 1.165) is 4.47 Å². The van der Waals surface area contributed by atoms with Gasteiger partial charge in [-0.25, -0.2) is 0 Å². The number of benzene rings is 1. The molecule has 90 valence electrons. The molecule has 1 aromatic heterocycles. The fourth-order valence-corrected chi connectivity index (χ4v) is 2.55. The highest BCUT2D eigenvalue weighted by Crippen LogP contribution is 2.30. The van der Waals surface area contributed by atoms with Gasteiger partial charge in [0.05, 0.1) is 17.9 Å². The van der Waals surface area contributed by atoms with E-state index in [4.69, 9.17) is 4.42 Å². The average molecular weight is 369 g/mol. The van der Waals surface area contributed by atoms with E-state index in [0.29, 0.717) is 15.8 Å². The van der Waals surface area contributed by atoms with E-state index in [9.17, 15) is 10.1 Å². The normalized spacial score (nSPS) is 11.8. The van der Waals surface area contributed by atoms with Crippen molar-refractivity contribution in [2.24, 2.45) is 0 Å². The van der Waals surface area contributed by atoms with Crippen LogP contribution in [0.1, 0.15) is 21.8 Å². The monoisotopic (exact) mass is 367 g/mol. The summed E-state index contributed by atoms with van der Waals surface area (Å²) in [4.78, 5) is 12.3. The maximum absolute atomic E-state index is 12.3. The Morgan fingerprint density at radius 3 is 2.56 bits per heavy atom. The van der Waals surface area contributed by atoms with Crippen molar-refractivity contribution in [2.75, 3.05) is 0 Å². The molecule has 0 saturated carbocycles. The summed E-state index contributed by atoms with van der Waals surface area (Å²) in [5, 5.41) is 9.23. The first kappa shape index (κ1) is 13.1. The molecule has 0 aliphatic carbocycles. The van der Waals surface area contributed by atoms with Crippen LogP contribution in [0, 0.1) is 11.3 Å². The quantitative estimate of drug-likeness (QED) is 0.759. The molecule has 1 heterocycles. The molecule has 0 saturated heterocycles. The van der Waals surface area contributed by atoms with E-state index in [1.165, 1.54) is 6.26 Å². The molecule has 0 spiro atoms. The van der Waals surface area contributed by atoms with Crippen molar-refractivity contribution >= 4 is 37.6 Å². The molecule has 2 rings (SSSR count). The fraction of sp³-hybridized carbons (Fsp3) is 0.0769. The van der Waals surface area contributed by atoms with Crippen molar-refractivity contribution in [1.82, 2.24) is 0 Å². The molecular formula is C13H7Br2NO2. The number of rotatable bonds is 3. The first-order chi connectivity index (χ1) is 8.65. The van der Waals surface area contributed by atoms with Crippen molar-refractivity contribution < 1.29 is 9.21 Å². The van der Waals surface area contributed by atoms with Gasteiger partial charge in [0.1, 0.15) is 5.92 Å². The van der Waals surface area contributed by atoms with Crippen LogP contribution in [0.2, 0.25) is 0 Å². The second-order valence-corrected chi connectivity index (χ2v) is 5.13. The van der Waals surface area contributed by atoms with Crippen molar-refractivity contribution in [2.45, 2.75) is 5.92 Å². The predicted octanol–water partition coefficient (Wildman–Crippen LogP) is 4.29. The van der Waals surface area contributed by atoms with Gasteiger partial charge in [0.25, 0.3) is 0 Å². The lowest BCUT2D eigenvalue weighted by Crippen LogP contribution is -2.11. The Morgan fingerprint density at radius 2 is 2.00 bits per heavy atom. The molecule has 1 aromatic carbocycles. The summed E-state index contributed by atoms with van der Waals surface area (Å²) in [7, 11) is 0. The van der Waals surface area contributed by atoms with E-state index in [-0.39, 0.29) is 5.78 Å². The summed E-state index contributed by atoms with van der Waals surface area (Å²) in [5.74, 6) is -1.14. The van der Waals surface area contributed by atoms with E-state index >= 15 is 0 Å². The van der Waals surface area contributed by atoms with Gasteiger partial charge < -0.3 is 4.42 Å². The number of furan rings is 1. The molecule has 5 heteroatoms. The molecule has 0 amide bonds. The molecule has 0 radical (unpaired) electrons. The zero-order chi connectivity index (χ0) is 13.1. The van der Waals surface area contributed by atoms with E-state index in [2.05, 4.69) is 31.9 Å². The van der Waals surface area contributed by atoms with E-state index in [1.54, 1.807) is 24.3 Å². The molecule has 2 aromatic rings. The van der Waals surface area contributed by atoms with Crippen LogP contribution >= 0.6 is 31.9 Å². The van der Waals surface area contributed by atoms with Gasteiger partial charge in [-0.3, -0.25) is 4.79 Å². The molecule has 0 aliphatic rings. The van der Waals surface area contributed by atoms with Crippen LogP contribution in [0.4, 0.5) is 0 Å². The zero-order valence-electron chi connectivity index (χ0n) is 9.06. The highest BCUT2D eigenvalue weighted by Gasteiger charge is 2.26. The summed E-state index contributed by atoms with van der Waals surface area (Å²) >= 11 is 6.50. The lowest BCUT2D eigenvalue weighted by Gasteiger charge is -2.09. The van der Waals surface area contributed by atoms with Gasteiger partial charge in [-0.05, 0) is 33.6 Å². The second kappa shape index (κ2) is 5.51. The molecule has 0 N–H and O–H groups in total. The third-order valence-corrected chi connectivity index (χ3v) is 3.83. The van der Waals surface area contributed by atoms with Crippen molar-refractivity contribution in [3.63, 3.8) is 0 Å². The smallest absolute Gasteiger partial charge is 0.188 e. The average Bonchev–Trinajstić information content (AvgIpc) is 2.78. The number of Topliss-reactive ketones (excluding diaryl/α,β-unsaturated/α-hetero) is 1. The van der Waals surface area contributed by atoms with Gasteiger partial charge in [0.15, 0.2) is 10.5 Å². The summed E-state index contributed by atoms with van der Waals surface area (Å²) in [6.07, 6.45) is 1.41. The number of carbonyl (C=O) groups is 1. The summed E-state index contributed by atoms with van der Waals surface area (Å²) in [5.41, 5.74) is 1.02. The molecule has 1 atom stereocenters. The Morgan fingerprint density at radius 1 is 1.28 bits per heavy atom. The van der Waals surface area contributed by atoms with Gasteiger partial charge >= 0.3 is 0 Å². The minimum atomic E-state index is -0.852. The van der Waals surface area contributed by atoms with Crippen LogP contribution in [-0.4, -0.2) is 5.78 Å². The van der Waals surface area contributed by atoms with Crippen molar-refractivity contribution in [1.29, 1.82) is 5.26 Å². The van der Waals surface area contributed by atoms with E-state index < -0.39 is 5.92 Å². The van der Waals surface area contributed by atoms with Gasteiger partial charge in [-0.1, -0.05) is 34.1 Å². The van der Waals surface area contributed by atoms with E-state index in [1.807, 2.05) is 12.1 Å². The Bertz CT molecular complexity index is 628. The van der Waals surface area contributed by atoms with Crippen LogP contribution in [0.25, 0.3) is 0 Å². The number of ketones is 1. The summed E-state index contributed by atoms with van der Waals surface area (Å²) in [6.45, 7) is 0. The van der Waals surface area contributed by atoms with Crippen LogP contribution in [-0.2, 0) is 0 Å². The SMILES string of the molecule is N#CC(C(=O)c1ccoc1Br)c1ccccc1Br. The van der Waals surface area contributed by atoms with Crippen molar-refractivity contribution in [3.05, 3.63) is 56.9 Å². The second-order valence-electron chi connectivity index (χ2n) is 3.56. The molecule has 0 aliphatic heterocycles. The minimum absolute atomic E-state index is 0.287. The minimum Gasteiger partial charge on any atom is -0.457 e. The Labute approximate surface area is 121 Å². The molecule has 0 bridgehead atoms. The predicted molar refractivity (Wildman–Crippen MR) is 73.2 cm³/mol. The maximum Gasteiger partial charge on any atom is 0.188 e. The van der Waals surface area contributed by atoms with Crippen LogP contribution < -0.4 is 0 Å². The van der Waals surface area contributed by atoms with Gasteiger partial charge in [-0.15, -0.1) is 0 Å². The number of nitrogens with zero attached hydrogens (tertiary/aromatic N) is 1. The third-order valence-electron chi connectivity index (χ3n) is 2.49. The Hall–Kier alpha value is -1.38. The molecule has 3 nitrogen and oxygen atoms in total. The first-order valence-corrected chi connectivity index (χ1v) is 6.65. The van der Waals surface area contributed by atoms with Crippen LogP contribution in [0.15, 0.2) is 50.2 Å². The third kappa shape index (κ3) is 2.40. The molecular weight excluding hydrogens is 362 g/mol. The topological polar surface area (TPSA) is 54.0 Å². The van der Waals surface area contributed by atoms with Gasteiger partial charge in [-0.2, -0.15) is 5.26 Å². The van der Waals surface area contributed by atoms with Crippen LogP contribution in [0.5, 0.6) is 0 Å². The number of nitriles is 1. The highest BCUT2D eigenvalue weighted by atomic mass is 79.9. The lowest BCUT2D eigenvalue weighted by atomic mass is 9.93.